The van der Waals surface area contributed by atoms with Crippen molar-refractivity contribution in [3.63, 3.8) is 0 Å². The summed E-state index contributed by atoms with van der Waals surface area (Å²) in [5.41, 5.74) is 18.5. The number of hydrogen-bond donors (Lipinski definition) is 0. The Bertz CT molecular complexity index is 3540. The summed E-state index contributed by atoms with van der Waals surface area (Å²) in [5, 5.41) is 5.12. The molecule has 0 aliphatic heterocycles. The number of nitrogens with zero attached hydrogens (tertiary/aromatic N) is 1. The van der Waals surface area contributed by atoms with Crippen LogP contribution in [0.25, 0.3) is 86.6 Å². The second kappa shape index (κ2) is 14.8. The normalized spacial score (nSPS) is 12.7. The molecule has 0 saturated heterocycles. The van der Waals surface area contributed by atoms with Crippen LogP contribution >= 0.6 is 11.3 Å². The van der Waals surface area contributed by atoms with E-state index in [1.165, 1.54) is 97.7 Å². The van der Waals surface area contributed by atoms with Crippen LogP contribution in [-0.4, -0.2) is 0 Å². The van der Waals surface area contributed by atoms with Gasteiger partial charge in [0.2, 0.25) is 0 Å². The molecule has 1 aliphatic rings. The average molecular weight is 822 g/mol. The minimum Gasteiger partial charge on any atom is -0.310 e. The van der Waals surface area contributed by atoms with Crippen molar-refractivity contribution >= 4 is 59.3 Å². The van der Waals surface area contributed by atoms with Gasteiger partial charge in [0.1, 0.15) is 0 Å². The number of hydrogen-bond acceptors (Lipinski definition) is 2. The van der Waals surface area contributed by atoms with Gasteiger partial charge < -0.3 is 4.90 Å². The predicted molar refractivity (Wildman–Crippen MR) is 271 cm³/mol. The molecule has 1 nitrogen and oxygen atoms in total. The van der Waals surface area contributed by atoms with E-state index in [2.05, 4.69) is 243 Å². The Balaban J connectivity index is 0.937. The Morgan fingerprint density at radius 2 is 0.905 bits per heavy atom. The highest BCUT2D eigenvalue weighted by atomic mass is 32.1. The molecule has 298 valence electrons. The molecule has 1 heterocycles. The molecular weight excluding hydrogens is 779 g/mol. The molecule has 1 aromatic heterocycles. The summed E-state index contributed by atoms with van der Waals surface area (Å²) in [4.78, 5) is 2.42. The molecule has 10 aromatic carbocycles. The molecule has 0 radical (unpaired) electrons. The van der Waals surface area contributed by atoms with Gasteiger partial charge in [-0.15, -0.1) is 11.3 Å². The maximum Gasteiger partial charge on any atom is 0.0540 e. The molecule has 0 N–H and O–H groups in total. The summed E-state index contributed by atoms with van der Waals surface area (Å²) in [6, 6.07) is 82.8. The maximum atomic E-state index is 2.42. The summed E-state index contributed by atoms with van der Waals surface area (Å²) >= 11 is 1.88. The number of anilines is 3. The minimum absolute atomic E-state index is 0.0497. The first-order valence-electron chi connectivity index (χ1n) is 21.8. The van der Waals surface area contributed by atoms with E-state index >= 15 is 0 Å². The van der Waals surface area contributed by atoms with Crippen LogP contribution in [0.5, 0.6) is 0 Å². The molecule has 0 spiro atoms. The first kappa shape index (κ1) is 37.3. The number of benzene rings is 10. The lowest BCUT2D eigenvalue weighted by atomic mass is 9.81. The van der Waals surface area contributed by atoms with E-state index in [1.807, 2.05) is 11.3 Å². The van der Waals surface area contributed by atoms with E-state index in [9.17, 15) is 0 Å². The Morgan fingerprint density at radius 1 is 0.349 bits per heavy atom. The molecule has 0 atom stereocenters. The van der Waals surface area contributed by atoms with Gasteiger partial charge in [-0.05, 0) is 127 Å². The molecule has 2 heteroatoms. The largest absolute Gasteiger partial charge is 0.310 e. The fourth-order valence-electron chi connectivity index (χ4n) is 10.0. The van der Waals surface area contributed by atoms with Crippen molar-refractivity contribution < 1.29 is 0 Å². The van der Waals surface area contributed by atoms with Gasteiger partial charge in [-0.2, -0.15) is 0 Å². The second-order valence-electron chi connectivity index (χ2n) is 17.3. The number of para-hydroxylation sites is 1. The number of thiophene rings is 1. The van der Waals surface area contributed by atoms with Gasteiger partial charge in [0.15, 0.2) is 0 Å². The summed E-state index contributed by atoms with van der Waals surface area (Å²) in [6.07, 6.45) is 0. The van der Waals surface area contributed by atoms with Crippen molar-refractivity contribution in [2.24, 2.45) is 0 Å². The summed E-state index contributed by atoms with van der Waals surface area (Å²) in [6.45, 7) is 4.70. The quantitative estimate of drug-likeness (QED) is 0.155. The van der Waals surface area contributed by atoms with Crippen molar-refractivity contribution in [2.75, 3.05) is 4.90 Å². The van der Waals surface area contributed by atoms with Gasteiger partial charge in [-0.3, -0.25) is 0 Å². The van der Waals surface area contributed by atoms with E-state index in [0.29, 0.717) is 0 Å². The third kappa shape index (κ3) is 6.29. The summed E-state index contributed by atoms with van der Waals surface area (Å²) in [7, 11) is 0. The lowest BCUT2D eigenvalue weighted by Crippen LogP contribution is -2.14. The van der Waals surface area contributed by atoms with Gasteiger partial charge in [0.25, 0.3) is 0 Å². The zero-order valence-electron chi connectivity index (χ0n) is 35.2. The zero-order chi connectivity index (χ0) is 42.1. The fourth-order valence-corrected chi connectivity index (χ4v) is 11.3. The molecule has 0 saturated carbocycles. The van der Waals surface area contributed by atoms with Gasteiger partial charge in [-0.1, -0.05) is 184 Å². The second-order valence-corrected chi connectivity index (χ2v) is 18.4. The lowest BCUT2D eigenvalue weighted by Gasteiger charge is -2.28. The van der Waals surface area contributed by atoms with Crippen molar-refractivity contribution in [1.29, 1.82) is 0 Å². The monoisotopic (exact) mass is 821 g/mol. The maximum absolute atomic E-state index is 2.42. The Kier molecular flexibility index (Phi) is 8.77. The van der Waals surface area contributed by atoms with Crippen molar-refractivity contribution in [3.8, 4) is 55.6 Å². The molecule has 0 fully saturated rings. The van der Waals surface area contributed by atoms with Crippen LogP contribution < -0.4 is 4.90 Å². The Hall–Kier alpha value is -7.52. The SMILES string of the molecule is CC1(C)c2ccccc2-c2ccc(-c3ccc(N(c4ccc(-c5cccc(-c6cccc7c6sc6ccccc67)c5)cc4)c4ccccc4-c4ccc5ccccc5c4)cc3)cc21. The smallest absolute Gasteiger partial charge is 0.0540 e. The molecular formula is C61H43NS. The van der Waals surface area contributed by atoms with Gasteiger partial charge in [0, 0.05) is 42.5 Å². The van der Waals surface area contributed by atoms with Crippen LogP contribution in [0.15, 0.2) is 224 Å². The van der Waals surface area contributed by atoms with Crippen LogP contribution in [-0.2, 0) is 5.41 Å². The van der Waals surface area contributed by atoms with Crippen molar-refractivity contribution in [3.05, 3.63) is 236 Å². The average Bonchev–Trinajstić information content (AvgIpc) is 3.84. The summed E-state index contributed by atoms with van der Waals surface area (Å²) < 4.78 is 2.66. The van der Waals surface area contributed by atoms with Gasteiger partial charge in [0.05, 0.1) is 5.69 Å². The standard InChI is InChI=1S/C61H43NS/c1-61(2)56-22-8-5-18-52(56)53-36-31-45(39-57(53)61)42-29-34-49(35-30-42)62(58-23-9-6-17-50(58)47-26-25-40-13-3-4-14-43(40)38-47)48-32-27-41(28-33-48)44-15-11-16-46(37-44)51-20-12-21-55-54-19-7-10-24-59(54)63-60(51)55/h3-39H,1-2H3. The lowest BCUT2D eigenvalue weighted by molar-refractivity contribution is 0.660. The number of rotatable bonds is 7. The van der Waals surface area contributed by atoms with Crippen molar-refractivity contribution in [1.82, 2.24) is 0 Å². The molecule has 0 amide bonds. The highest BCUT2D eigenvalue weighted by Gasteiger charge is 2.35. The minimum atomic E-state index is -0.0497. The molecule has 11 aromatic rings. The van der Waals surface area contributed by atoms with Crippen LogP contribution in [0, 0.1) is 0 Å². The van der Waals surface area contributed by atoms with E-state index < -0.39 is 0 Å². The first-order chi connectivity index (χ1) is 31.0. The molecule has 12 rings (SSSR count). The van der Waals surface area contributed by atoms with Crippen LogP contribution in [0.4, 0.5) is 17.1 Å². The third-order valence-electron chi connectivity index (χ3n) is 13.3. The molecule has 1 aliphatic carbocycles. The van der Waals surface area contributed by atoms with Crippen LogP contribution in [0.3, 0.4) is 0 Å². The highest BCUT2D eigenvalue weighted by Crippen LogP contribution is 2.50. The molecule has 63 heavy (non-hydrogen) atoms. The number of fused-ring (bicyclic) bond motifs is 7. The van der Waals surface area contributed by atoms with Crippen molar-refractivity contribution in [2.45, 2.75) is 19.3 Å². The molecule has 0 unspecified atom stereocenters. The summed E-state index contributed by atoms with van der Waals surface area (Å²) in [5.74, 6) is 0. The van der Waals surface area contributed by atoms with Crippen LogP contribution in [0.1, 0.15) is 25.0 Å². The third-order valence-corrected chi connectivity index (χ3v) is 14.5. The molecule has 0 bridgehead atoms. The van der Waals surface area contributed by atoms with Gasteiger partial charge in [-0.25, -0.2) is 0 Å². The zero-order valence-corrected chi connectivity index (χ0v) is 36.0. The first-order valence-corrected chi connectivity index (χ1v) is 22.6. The van der Waals surface area contributed by atoms with Crippen LogP contribution in [0.2, 0.25) is 0 Å². The Morgan fingerprint density at radius 3 is 1.71 bits per heavy atom. The van der Waals surface area contributed by atoms with E-state index in [1.54, 1.807) is 0 Å². The Labute approximate surface area is 372 Å². The fraction of sp³-hybridized carbons (Fsp3) is 0.0492. The van der Waals surface area contributed by atoms with E-state index in [4.69, 9.17) is 0 Å². The van der Waals surface area contributed by atoms with E-state index in [0.717, 1.165) is 17.1 Å². The van der Waals surface area contributed by atoms with Gasteiger partial charge >= 0.3 is 0 Å². The van der Waals surface area contributed by atoms with E-state index in [-0.39, 0.29) is 5.41 Å². The highest BCUT2D eigenvalue weighted by molar-refractivity contribution is 7.26. The predicted octanol–water partition coefficient (Wildman–Crippen LogP) is 17.7. The topological polar surface area (TPSA) is 3.24 Å².